The Kier molecular flexibility index (Phi) is 6.72. The van der Waals surface area contributed by atoms with Crippen LogP contribution in [0.15, 0.2) is 41.0 Å². The molecule has 208 valence electrons. The first-order chi connectivity index (χ1) is 19.3. The van der Waals surface area contributed by atoms with Gasteiger partial charge in [-0.3, -0.25) is 14.5 Å². The first kappa shape index (κ1) is 26.0. The predicted molar refractivity (Wildman–Crippen MR) is 138 cm³/mol. The van der Waals surface area contributed by atoms with Gasteiger partial charge in [-0.05, 0) is 6.07 Å². The molecule has 0 aromatic carbocycles. The van der Waals surface area contributed by atoms with Crippen LogP contribution in [-0.4, -0.2) is 83.9 Å². The van der Waals surface area contributed by atoms with Crippen LogP contribution in [0, 0.1) is 0 Å². The monoisotopic (exact) mass is 586 g/mol. The van der Waals surface area contributed by atoms with E-state index in [0.717, 1.165) is 16.4 Å². The molecule has 1 unspecified atom stereocenters. The van der Waals surface area contributed by atoms with Gasteiger partial charge in [0.25, 0.3) is 17.6 Å². The minimum Gasteiger partial charge on any atom is -0.543 e. The van der Waals surface area contributed by atoms with Crippen molar-refractivity contribution in [2.24, 2.45) is 5.16 Å². The molecule has 2 saturated heterocycles. The first-order valence-corrected chi connectivity index (χ1v) is 13.9. The minimum absolute atomic E-state index is 0.0537. The Balaban J connectivity index is 1.22. The number of hydrogen-bond donors (Lipinski definition) is 3. The molecule has 3 aliphatic rings. The summed E-state index contributed by atoms with van der Waals surface area (Å²) in [6.45, 7) is 0.974. The molecule has 40 heavy (non-hydrogen) atoms. The predicted octanol–water partition coefficient (Wildman–Crippen LogP) is -2.75. The zero-order valence-corrected chi connectivity index (χ0v) is 22.3. The molecule has 3 atom stereocenters. The largest absolute Gasteiger partial charge is 0.543 e. The normalized spacial score (nSPS) is 22.8. The van der Waals surface area contributed by atoms with Crippen LogP contribution in [0.2, 0.25) is 0 Å². The van der Waals surface area contributed by atoms with Crippen molar-refractivity contribution in [3.63, 3.8) is 0 Å². The fourth-order valence-corrected chi connectivity index (χ4v) is 6.40. The number of nitrogens with zero attached hydrogens (tertiary/aromatic N) is 7. The Morgan fingerprint density at radius 3 is 2.95 bits per heavy atom. The summed E-state index contributed by atoms with van der Waals surface area (Å²) in [5.74, 6) is -2.28. The van der Waals surface area contributed by atoms with E-state index < -0.39 is 29.2 Å². The second kappa shape index (κ2) is 10.4. The number of anilines is 2. The number of β-lactam (4-membered cyclic amide) rings is 1. The third-order valence-electron chi connectivity index (χ3n) is 6.50. The van der Waals surface area contributed by atoms with Gasteiger partial charge >= 0.3 is 5.65 Å². The number of ether oxygens (including phenoxy) is 1. The fraction of sp³-hybridized carbons (Fsp3) is 0.364. The summed E-state index contributed by atoms with van der Waals surface area (Å²) in [6.07, 6.45) is 3.48. The van der Waals surface area contributed by atoms with Crippen LogP contribution in [0.5, 0.6) is 0 Å². The molecule has 3 aliphatic heterocycles. The number of carboxylic acids is 1. The molecule has 5 N–H and O–H groups in total. The topological polar surface area (TPSA) is 219 Å². The number of rotatable bonds is 8. The zero-order chi connectivity index (χ0) is 28.0. The molecule has 16 nitrogen and oxygen atoms in total. The highest BCUT2D eigenvalue weighted by atomic mass is 32.2. The van der Waals surface area contributed by atoms with Gasteiger partial charge in [-0.25, -0.2) is 4.57 Å². The zero-order valence-electron chi connectivity index (χ0n) is 20.6. The number of aliphatic carboxylic acids is 1. The number of thioether (sulfide) groups is 1. The molecular weight excluding hydrogens is 564 g/mol. The summed E-state index contributed by atoms with van der Waals surface area (Å²) < 4.78 is 12.6. The molecular formula is C22H22N10O6S2. The third-order valence-corrected chi connectivity index (χ3v) is 8.38. The maximum absolute atomic E-state index is 13.2. The van der Waals surface area contributed by atoms with Crippen molar-refractivity contribution in [3.05, 3.63) is 41.6 Å². The Bertz CT molecular complexity index is 1580. The van der Waals surface area contributed by atoms with Crippen molar-refractivity contribution in [1.82, 2.24) is 29.2 Å². The lowest BCUT2D eigenvalue weighted by atomic mass is 10.0. The SMILES string of the molecule is Nc1nc(/C(=N/OC2CCOC2)C(=O)N[C@@H]2C(=O)N3C(C(=O)[O-])=C(C[n+]4cc(N)n5ncccc54)CS[C@H]23)ns1. The van der Waals surface area contributed by atoms with E-state index in [9.17, 15) is 19.5 Å². The lowest BCUT2D eigenvalue weighted by Crippen LogP contribution is -2.71. The van der Waals surface area contributed by atoms with E-state index >= 15 is 0 Å². The summed E-state index contributed by atoms with van der Waals surface area (Å²) in [5.41, 5.74) is 12.3. The molecule has 2 amide bonds. The van der Waals surface area contributed by atoms with Gasteiger partial charge in [0.15, 0.2) is 17.4 Å². The van der Waals surface area contributed by atoms with Crippen LogP contribution in [0.4, 0.5) is 10.9 Å². The summed E-state index contributed by atoms with van der Waals surface area (Å²) in [6, 6.07) is 2.50. The van der Waals surface area contributed by atoms with Crippen molar-refractivity contribution in [2.45, 2.75) is 30.5 Å². The first-order valence-electron chi connectivity index (χ1n) is 12.0. The number of nitrogens with one attached hydrogen (secondary N) is 1. The number of nitrogens with two attached hydrogens (primary N) is 2. The second-order valence-corrected chi connectivity index (χ2v) is 11.0. The Morgan fingerprint density at radius 1 is 1.38 bits per heavy atom. The molecule has 0 radical (unpaired) electrons. The number of oxime groups is 1. The van der Waals surface area contributed by atoms with Crippen LogP contribution >= 0.6 is 23.3 Å². The van der Waals surface area contributed by atoms with E-state index in [2.05, 4.69) is 24.9 Å². The van der Waals surface area contributed by atoms with Crippen LogP contribution in [0.1, 0.15) is 12.2 Å². The van der Waals surface area contributed by atoms with Gasteiger partial charge in [-0.1, -0.05) is 14.8 Å². The molecule has 2 fully saturated rings. The number of carbonyl (C=O) groups is 3. The summed E-state index contributed by atoms with van der Waals surface area (Å²) in [4.78, 5) is 49.2. The molecule has 0 bridgehead atoms. The summed E-state index contributed by atoms with van der Waals surface area (Å²) in [5, 5.41) is 22.4. The maximum atomic E-state index is 13.2. The summed E-state index contributed by atoms with van der Waals surface area (Å²) in [7, 11) is 0. The lowest BCUT2D eigenvalue weighted by Gasteiger charge is -2.50. The van der Waals surface area contributed by atoms with Gasteiger partial charge < -0.3 is 36.3 Å². The maximum Gasteiger partial charge on any atom is 0.309 e. The van der Waals surface area contributed by atoms with Crippen molar-refractivity contribution < 1.29 is 33.6 Å². The Hall–Kier alpha value is -4.29. The van der Waals surface area contributed by atoms with Crippen LogP contribution < -0.4 is 26.5 Å². The van der Waals surface area contributed by atoms with Crippen molar-refractivity contribution in [3.8, 4) is 0 Å². The minimum atomic E-state index is -1.50. The van der Waals surface area contributed by atoms with E-state index in [1.165, 1.54) is 16.3 Å². The number of imidazole rings is 1. The fourth-order valence-electron chi connectivity index (χ4n) is 4.63. The van der Waals surface area contributed by atoms with Crippen molar-refractivity contribution >= 4 is 63.4 Å². The molecule has 0 saturated carbocycles. The van der Waals surface area contributed by atoms with E-state index in [-0.39, 0.29) is 40.8 Å². The second-order valence-electron chi connectivity index (χ2n) is 9.06. The molecule has 0 spiro atoms. The molecule has 0 aliphatic carbocycles. The highest BCUT2D eigenvalue weighted by Gasteiger charge is 2.53. The average molecular weight is 587 g/mol. The summed E-state index contributed by atoms with van der Waals surface area (Å²) >= 11 is 2.19. The molecule has 3 aromatic rings. The van der Waals surface area contributed by atoms with Crippen molar-refractivity contribution in [2.75, 3.05) is 30.4 Å². The van der Waals surface area contributed by atoms with Gasteiger partial charge in [-0.15, -0.1) is 11.8 Å². The third kappa shape index (κ3) is 4.58. The lowest BCUT2D eigenvalue weighted by molar-refractivity contribution is -0.662. The molecule has 3 aromatic heterocycles. The van der Waals surface area contributed by atoms with Crippen LogP contribution in [-0.2, 0) is 30.5 Å². The van der Waals surface area contributed by atoms with Gasteiger partial charge in [0.2, 0.25) is 11.5 Å². The molecule has 6 heterocycles. The van der Waals surface area contributed by atoms with E-state index in [1.54, 1.807) is 29.1 Å². The quantitative estimate of drug-likeness (QED) is 0.106. The standard InChI is InChI=1S/C22H22N10O6S2/c23-12-7-30(13-2-1-4-25-32(12)13)6-10-9-39-20-15(19(34)31(20)16(10)21(35)36)26-18(33)14(17-27-22(24)40-29-17)28-38-11-3-5-37-8-11/h1-2,4,7,11,15,20H,3,5-6,8-9H2,(H5-,23,24,25,26,27,29,33,35,36)/b28-14-/t11?,15-,20-/m1/s1. The van der Waals surface area contributed by atoms with Crippen molar-refractivity contribution in [1.29, 1.82) is 0 Å². The number of aromatic nitrogens is 5. The Labute approximate surface area is 233 Å². The number of fused-ring (bicyclic) bond motifs is 2. The number of hydrogen-bond acceptors (Lipinski definition) is 14. The van der Waals surface area contributed by atoms with Gasteiger partial charge in [0.1, 0.15) is 18.0 Å². The number of carbonyl (C=O) groups excluding carboxylic acids is 3. The molecule has 6 rings (SSSR count). The van der Waals surface area contributed by atoms with Crippen LogP contribution in [0.3, 0.4) is 0 Å². The van der Waals surface area contributed by atoms with E-state index in [0.29, 0.717) is 36.7 Å². The van der Waals surface area contributed by atoms with Gasteiger partial charge in [-0.2, -0.15) is 9.36 Å². The highest BCUT2D eigenvalue weighted by Crippen LogP contribution is 2.40. The van der Waals surface area contributed by atoms with E-state index in [4.69, 9.17) is 21.0 Å². The number of nitrogen functional groups attached to an aromatic ring is 2. The number of amides is 2. The van der Waals surface area contributed by atoms with Crippen LogP contribution in [0.25, 0.3) is 5.65 Å². The average Bonchev–Trinajstić information content (AvgIpc) is 3.69. The number of carboxylic acid groups (broad SMARTS) is 1. The van der Waals surface area contributed by atoms with Gasteiger partial charge in [0.05, 0.1) is 31.1 Å². The smallest absolute Gasteiger partial charge is 0.309 e. The van der Waals surface area contributed by atoms with E-state index in [1.807, 2.05) is 0 Å². The Morgan fingerprint density at radius 2 is 2.23 bits per heavy atom. The molecule has 18 heteroatoms. The highest BCUT2D eigenvalue weighted by molar-refractivity contribution is 8.00. The van der Waals surface area contributed by atoms with Gasteiger partial charge in [0, 0.05) is 35.3 Å².